The third-order valence-electron chi connectivity index (χ3n) is 6.54. The predicted molar refractivity (Wildman–Crippen MR) is 137 cm³/mol. The van der Waals surface area contributed by atoms with Crippen LogP contribution in [0.5, 0.6) is 0 Å². The third-order valence-corrected chi connectivity index (χ3v) is 7.92. The van der Waals surface area contributed by atoms with E-state index in [1.165, 1.54) is 46.2 Å². The molecule has 0 fully saturated rings. The highest BCUT2D eigenvalue weighted by Gasteiger charge is 2.23. The van der Waals surface area contributed by atoms with Crippen molar-refractivity contribution in [1.82, 2.24) is 9.55 Å². The summed E-state index contributed by atoms with van der Waals surface area (Å²) in [6, 6.07) is 12.9. The standard InChI is InChI=1S/C27H25ClN2O3S/c1-16(27(32)33-14-21-9-5-6-10-22(21)28)30-15-29-25-24(26(30)31)23(17(2)34-25)20-12-11-18-7-3-4-8-19(18)13-20/h5-6,9-13,15-16H,3-4,7-8,14H2,1-2H3. The van der Waals surface area contributed by atoms with E-state index in [1.807, 2.05) is 19.1 Å². The molecule has 0 bridgehead atoms. The van der Waals surface area contributed by atoms with Crippen LogP contribution in [0.3, 0.4) is 0 Å². The van der Waals surface area contributed by atoms with E-state index in [2.05, 4.69) is 23.2 Å². The highest BCUT2D eigenvalue weighted by molar-refractivity contribution is 7.19. The Balaban J connectivity index is 1.49. The van der Waals surface area contributed by atoms with E-state index in [4.69, 9.17) is 16.3 Å². The quantitative estimate of drug-likeness (QED) is 0.308. The van der Waals surface area contributed by atoms with Gasteiger partial charge in [0, 0.05) is 21.0 Å². The number of esters is 1. The smallest absolute Gasteiger partial charge is 0.329 e. The molecule has 0 N–H and O–H groups in total. The summed E-state index contributed by atoms with van der Waals surface area (Å²) in [5.41, 5.74) is 5.20. The SMILES string of the molecule is Cc1sc2ncn(C(C)C(=O)OCc3ccccc3Cl)c(=O)c2c1-c1ccc2c(c1)CCCC2. The Morgan fingerprint density at radius 3 is 2.74 bits per heavy atom. The van der Waals surface area contributed by atoms with Crippen LogP contribution in [0.2, 0.25) is 5.02 Å². The second-order valence-electron chi connectivity index (χ2n) is 8.74. The second kappa shape index (κ2) is 9.35. The Morgan fingerprint density at radius 1 is 1.18 bits per heavy atom. The molecule has 5 nitrogen and oxygen atoms in total. The van der Waals surface area contributed by atoms with E-state index in [-0.39, 0.29) is 12.2 Å². The van der Waals surface area contributed by atoms with Crippen LogP contribution in [0.1, 0.15) is 47.4 Å². The van der Waals surface area contributed by atoms with Crippen LogP contribution in [0.25, 0.3) is 21.3 Å². The molecule has 0 radical (unpaired) electrons. The first-order chi connectivity index (χ1) is 16.4. The van der Waals surface area contributed by atoms with Gasteiger partial charge in [-0.3, -0.25) is 9.36 Å². The number of halogens is 1. The number of fused-ring (bicyclic) bond motifs is 2. The molecule has 2 heterocycles. The van der Waals surface area contributed by atoms with Crippen LogP contribution in [0.4, 0.5) is 0 Å². The molecule has 1 atom stereocenters. The maximum atomic E-state index is 13.6. The Labute approximate surface area is 207 Å². The van der Waals surface area contributed by atoms with Gasteiger partial charge in [0.25, 0.3) is 5.56 Å². The van der Waals surface area contributed by atoms with Crippen molar-refractivity contribution in [2.24, 2.45) is 0 Å². The van der Waals surface area contributed by atoms with Gasteiger partial charge >= 0.3 is 5.97 Å². The molecule has 4 aromatic rings. The number of aromatic nitrogens is 2. The number of hydrogen-bond acceptors (Lipinski definition) is 5. The Morgan fingerprint density at radius 2 is 1.94 bits per heavy atom. The van der Waals surface area contributed by atoms with Gasteiger partial charge in [0.1, 0.15) is 17.5 Å². The lowest BCUT2D eigenvalue weighted by atomic mass is 9.89. The van der Waals surface area contributed by atoms with E-state index in [0.717, 1.165) is 28.8 Å². The lowest BCUT2D eigenvalue weighted by molar-refractivity contribution is -0.148. The fraction of sp³-hybridized carbons (Fsp3) is 0.296. The highest BCUT2D eigenvalue weighted by Crippen LogP contribution is 2.37. The summed E-state index contributed by atoms with van der Waals surface area (Å²) in [4.78, 5) is 32.6. The number of aryl methyl sites for hydroxylation is 3. The maximum absolute atomic E-state index is 13.6. The molecule has 0 amide bonds. The molecule has 0 aliphatic heterocycles. The maximum Gasteiger partial charge on any atom is 0.329 e. The molecular weight excluding hydrogens is 468 g/mol. The minimum Gasteiger partial charge on any atom is -0.459 e. The monoisotopic (exact) mass is 492 g/mol. The molecule has 34 heavy (non-hydrogen) atoms. The van der Waals surface area contributed by atoms with Crippen LogP contribution in [-0.2, 0) is 29.0 Å². The molecule has 0 saturated heterocycles. The summed E-state index contributed by atoms with van der Waals surface area (Å²) in [6.07, 6.45) is 6.05. The van der Waals surface area contributed by atoms with Crippen molar-refractivity contribution in [1.29, 1.82) is 0 Å². The number of nitrogens with zero attached hydrogens (tertiary/aromatic N) is 2. The first kappa shape index (κ1) is 22.8. The summed E-state index contributed by atoms with van der Waals surface area (Å²) in [5, 5.41) is 1.10. The first-order valence-corrected chi connectivity index (χ1v) is 12.7. The molecular formula is C27H25ClN2O3S. The van der Waals surface area contributed by atoms with Gasteiger partial charge in [0.05, 0.1) is 11.7 Å². The van der Waals surface area contributed by atoms with E-state index in [0.29, 0.717) is 20.8 Å². The lowest BCUT2D eigenvalue weighted by Crippen LogP contribution is -2.29. The zero-order chi connectivity index (χ0) is 23.8. The number of rotatable bonds is 5. The molecule has 1 unspecified atom stereocenters. The number of thiophene rings is 1. The van der Waals surface area contributed by atoms with Crippen molar-refractivity contribution in [2.75, 3.05) is 0 Å². The van der Waals surface area contributed by atoms with Crippen LogP contribution >= 0.6 is 22.9 Å². The summed E-state index contributed by atoms with van der Waals surface area (Å²) >= 11 is 7.67. The molecule has 174 valence electrons. The van der Waals surface area contributed by atoms with E-state index in [1.54, 1.807) is 19.1 Å². The van der Waals surface area contributed by atoms with Crippen LogP contribution in [0.15, 0.2) is 53.6 Å². The average molecular weight is 493 g/mol. The number of hydrogen-bond donors (Lipinski definition) is 0. The van der Waals surface area contributed by atoms with Crippen LogP contribution in [0, 0.1) is 6.92 Å². The Bertz CT molecular complexity index is 1460. The van der Waals surface area contributed by atoms with Crippen molar-refractivity contribution in [3.8, 4) is 11.1 Å². The van der Waals surface area contributed by atoms with Gasteiger partial charge in [-0.15, -0.1) is 11.3 Å². The Kier molecular flexibility index (Phi) is 6.28. The largest absolute Gasteiger partial charge is 0.459 e. The van der Waals surface area contributed by atoms with Crippen molar-refractivity contribution >= 4 is 39.1 Å². The van der Waals surface area contributed by atoms with Gasteiger partial charge in [-0.05, 0) is 62.3 Å². The predicted octanol–water partition coefficient (Wildman–Crippen LogP) is 6.27. The van der Waals surface area contributed by atoms with Crippen molar-refractivity contribution in [3.63, 3.8) is 0 Å². The van der Waals surface area contributed by atoms with Crippen molar-refractivity contribution < 1.29 is 9.53 Å². The summed E-state index contributed by atoms with van der Waals surface area (Å²) in [6.45, 7) is 3.72. The van der Waals surface area contributed by atoms with Gasteiger partial charge < -0.3 is 4.74 Å². The van der Waals surface area contributed by atoms with E-state index in [9.17, 15) is 9.59 Å². The van der Waals surface area contributed by atoms with Crippen LogP contribution < -0.4 is 5.56 Å². The summed E-state index contributed by atoms with van der Waals surface area (Å²) < 4.78 is 6.83. The normalized spacial score (nSPS) is 14.1. The molecule has 2 aromatic carbocycles. The lowest BCUT2D eigenvalue weighted by Gasteiger charge is -2.17. The minimum absolute atomic E-state index is 0.0468. The topological polar surface area (TPSA) is 61.2 Å². The molecule has 1 aliphatic rings. The number of carbonyl (C=O) groups is 1. The molecule has 2 aromatic heterocycles. The van der Waals surface area contributed by atoms with Crippen molar-refractivity contribution in [2.45, 2.75) is 52.2 Å². The van der Waals surface area contributed by atoms with E-state index >= 15 is 0 Å². The van der Waals surface area contributed by atoms with Gasteiger partial charge in [-0.2, -0.15) is 0 Å². The van der Waals surface area contributed by atoms with Gasteiger partial charge in [0.15, 0.2) is 0 Å². The highest BCUT2D eigenvalue weighted by atomic mass is 35.5. The second-order valence-corrected chi connectivity index (χ2v) is 10.3. The minimum atomic E-state index is -0.816. The zero-order valence-electron chi connectivity index (χ0n) is 19.1. The number of benzene rings is 2. The van der Waals surface area contributed by atoms with Gasteiger partial charge in [-0.1, -0.05) is 48.0 Å². The fourth-order valence-electron chi connectivity index (χ4n) is 4.63. The first-order valence-electron chi connectivity index (χ1n) is 11.5. The number of carbonyl (C=O) groups excluding carboxylic acids is 1. The molecule has 5 rings (SSSR count). The summed E-state index contributed by atoms with van der Waals surface area (Å²) in [5.74, 6) is -0.509. The van der Waals surface area contributed by atoms with E-state index < -0.39 is 12.0 Å². The van der Waals surface area contributed by atoms with Crippen LogP contribution in [-0.4, -0.2) is 15.5 Å². The van der Waals surface area contributed by atoms with Gasteiger partial charge in [-0.25, -0.2) is 9.78 Å². The molecule has 0 spiro atoms. The fourth-order valence-corrected chi connectivity index (χ4v) is 5.82. The third kappa shape index (κ3) is 4.17. The molecule has 7 heteroatoms. The summed E-state index contributed by atoms with van der Waals surface area (Å²) in [7, 11) is 0. The molecule has 0 saturated carbocycles. The Hall–Kier alpha value is -2.96. The number of ether oxygens (including phenoxy) is 1. The zero-order valence-corrected chi connectivity index (χ0v) is 20.7. The average Bonchev–Trinajstić information content (AvgIpc) is 3.19. The van der Waals surface area contributed by atoms with Crippen molar-refractivity contribution in [3.05, 3.63) is 85.7 Å². The van der Waals surface area contributed by atoms with Gasteiger partial charge in [0.2, 0.25) is 0 Å². The molecule has 1 aliphatic carbocycles.